The molecule has 1 fully saturated rings. The van der Waals surface area contributed by atoms with E-state index in [0.29, 0.717) is 57.0 Å². The third-order valence-corrected chi connectivity index (χ3v) is 4.93. The summed E-state index contributed by atoms with van der Waals surface area (Å²) in [4.78, 5) is 40.5. The van der Waals surface area contributed by atoms with E-state index in [2.05, 4.69) is 0 Å². The van der Waals surface area contributed by atoms with Crippen LogP contribution in [-0.4, -0.2) is 60.4 Å². The number of piperidine rings is 1. The van der Waals surface area contributed by atoms with Crippen molar-refractivity contribution >= 4 is 17.8 Å². The van der Waals surface area contributed by atoms with Crippen molar-refractivity contribution in [1.82, 2.24) is 9.80 Å². The summed E-state index contributed by atoms with van der Waals surface area (Å²) in [7, 11) is 0. The molecular formula is C20H30N2O5. The normalized spacial score (nSPS) is 14.9. The summed E-state index contributed by atoms with van der Waals surface area (Å²) in [5.41, 5.74) is 0.547. The lowest BCUT2D eigenvalue weighted by molar-refractivity contribution is -0.151. The predicted molar refractivity (Wildman–Crippen MR) is 100 cm³/mol. The second-order valence-electron chi connectivity index (χ2n) is 6.84. The molecule has 1 aliphatic rings. The van der Waals surface area contributed by atoms with Gasteiger partial charge in [-0.1, -0.05) is 6.92 Å². The zero-order valence-electron chi connectivity index (χ0n) is 16.5. The number of esters is 1. The van der Waals surface area contributed by atoms with Crippen LogP contribution in [0.15, 0.2) is 16.7 Å². The lowest BCUT2D eigenvalue weighted by Crippen LogP contribution is -2.42. The fourth-order valence-electron chi connectivity index (χ4n) is 3.38. The minimum absolute atomic E-state index is 0.0233. The third kappa shape index (κ3) is 5.58. The standard InChI is InChI=1S/C20H30N2O5/c1-4-10-22(19(24)17-9-14-27-15(17)3)13-8-18(23)21-11-6-16(7-12-21)20(25)26-5-2/h9,14,16H,4-8,10-13H2,1-3H3. The Balaban J connectivity index is 1.85. The van der Waals surface area contributed by atoms with Gasteiger partial charge in [0.05, 0.1) is 24.4 Å². The molecule has 2 amide bonds. The number of carbonyl (C=O) groups is 3. The second-order valence-corrected chi connectivity index (χ2v) is 6.84. The number of amides is 2. The molecule has 2 heterocycles. The van der Waals surface area contributed by atoms with E-state index < -0.39 is 0 Å². The molecule has 2 rings (SSSR count). The first-order chi connectivity index (χ1) is 13.0. The Morgan fingerprint density at radius 2 is 1.93 bits per heavy atom. The predicted octanol–water partition coefficient (Wildman–Crippen LogP) is 2.63. The molecule has 0 unspecified atom stereocenters. The van der Waals surface area contributed by atoms with Crippen molar-refractivity contribution in [3.8, 4) is 0 Å². The van der Waals surface area contributed by atoms with Crippen LogP contribution in [0.2, 0.25) is 0 Å². The highest BCUT2D eigenvalue weighted by atomic mass is 16.5. The Bertz CT molecular complexity index is 647. The van der Waals surface area contributed by atoms with Gasteiger partial charge >= 0.3 is 5.97 Å². The molecular weight excluding hydrogens is 348 g/mol. The van der Waals surface area contributed by atoms with Crippen LogP contribution in [0.1, 0.15) is 55.6 Å². The lowest BCUT2D eigenvalue weighted by Gasteiger charge is -2.31. The summed E-state index contributed by atoms with van der Waals surface area (Å²) in [5, 5.41) is 0. The van der Waals surface area contributed by atoms with Crippen LogP contribution in [0.3, 0.4) is 0 Å². The van der Waals surface area contributed by atoms with E-state index in [1.807, 2.05) is 6.92 Å². The Kier molecular flexibility index (Phi) is 7.88. The maximum Gasteiger partial charge on any atom is 0.309 e. The molecule has 0 bridgehead atoms. The minimum Gasteiger partial charge on any atom is -0.469 e. The average molecular weight is 378 g/mol. The van der Waals surface area contributed by atoms with Gasteiger partial charge in [-0.25, -0.2) is 0 Å². The molecule has 1 aromatic heterocycles. The molecule has 1 aliphatic heterocycles. The maximum absolute atomic E-state index is 12.7. The molecule has 27 heavy (non-hydrogen) atoms. The minimum atomic E-state index is -0.167. The van der Waals surface area contributed by atoms with Gasteiger partial charge in [0.1, 0.15) is 5.76 Å². The van der Waals surface area contributed by atoms with Gasteiger partial charge in [-0.3, -0.25) is 14.4 Å². The quantitative estimate of drug-likeness (QED) is 0.650. The van der Waals surface area contributed by atoms with Crippen molar-refractivity contribution in [2.24, 2.45) is 5.92 Å². The first kappa shape index (κ1) is 21.0. The number of hydrogen-bond donors (Lipinski definition) is 0. The van der Waals surface area contributed by atoms with Crippen molar-refractivity contribution < 1.29 is 23.5 Å². The number of rotatable bonds is 8. The molecule has 0 radical (unpaired) electrons. The zero-order chi connectivity index (χ0) is 19.8. The average Bonchev–Trinajstić information content (AvgIpc) is 3.10. The number of ether oxygens (including phenoxy) is 1. The van der Waals surface area contributed by atoms with E-state index in [4.69, 9.17) is 9.15 Å². The van der Waals surface area contributed by atoms with Crippen LogP contribution in [-0.2, 0) is 14.3 Å². The number of likely N-dealkylation sites (tertiary alicyclic amines) is 1. The first-order valence-electron chi connectivity index (χ1n) is 9.75. The van der Waals surface area contributed by atoms with Gasteiger partial charge in [0, 0.05) is 32.6 Å². The second kappa shape index (κ2) is 10.1. The third-order valence-electron chi connectivity index (χ3n) is 4.93. The van der Waals surface area contributed by atoms with Gasteiger partial charge in [-0.2, -0.15) is 0 Å². The van der Waals surface area contributed by atoms with Crippen LogP contribution < -0.4 is 0 Å². The van der Waals surface area contributed by atoms with Crippen LogP contribution >= 0.6 is 0 Å². The smallest absolute Gasteiger partial charge is 0.309 e. The highest BCUT2D eigenvalue weighted by Gasteiger charge is 2.28. The monoisotopic (exact) mass is 378 g/mol. The fraction of sp³-hybridized carbons (Fsp3) is 0.650. The largest absolute Gasteiger partial charge is 0.469 e. The van der Waals surface area contributed by atoms with Gasteiger partial charge in [0.25, 0.3) is 5.91 Å². The number of hydrogen-bond acceptors (Lipinski definition) is 5. The molecule has 0 N–H and O–H groups in total. The fourth-order valence-corrected chi connectivity index (χ4v) is 3.38. The lowest BCUT2D eigenvalue weighted by atomic mass is 9.97. The number of furan rings is 1. The summed E-state index contributed by atoms with van der Waals surface area (Å²) in [5.74, 6) is 0.233. The topological polar surface area (TPSA) is 80.1 Å². The molecule has 0 spiro atoms. The highest BCUT2D eigenvalue weighted by Crippen LogP contribution is 2.20. The molecule has 0 aliphatic carbocycles. The Morgan fingerprint density at radius 3 is 2.48 bits per heavy atom. The summed E-state index contributed by atoms with van der Waals surface area (Å²) in [6.07, 6.45) is 3.88. The SMILES string of the molecule is CCCN(CCC(=O)N1CCC(C(=O)OCC)CC1)C(=O)c1ccoc1C. The van der Waals surface area contributed by atoms with Gasteiger partial charge in [-0.05, 0) is 39.2 Å². The summed E-state index contributed by atoms with van der Waals surface area (Å²) >= 11 is 0. The zero-order valence-corrected chi connectivity index (χ0v) is 16.5. The van der Waals surface area contributed by atoms with Crippen LogP contribution in [0.4, 0.5) is 0 Å². The van der Waals surface area contributed by atoms with Gasteiger partial charge < -0.3 is 19.0 Å². The van der Waals surface area contributed by atoms with Crippen LogP contribution in [0, 0.1) is 12.8 Å². The van der Waals surface area contributed by atoms with Crippen molar-refractivity contribution in [2.45, 2.75) is 46.5 Å². The molecule has 0 aromatic carbocycles. The van der Waals surface area contributed by atoms with Gasteiger partial charge in [-0.15, -0.1) is 0 Å². The maximum atomic E-state index is 12.7. The van der Waals surface area contributed by atoms with Crippen molar-refractivity contribution in [2.75, 3.05) is 32.8 Å². The number of aryl methyl sites for hydroxylation is 1. The van der Waals surface area contributed by atoms with Gasteiger partial charge in [0.2, 0.25) is 5.91 Å². The van der Waals surface area contributed by atoms with Crippen molar-refractivity contribution in [3.05, 3.63) is 23.7 Å². The number of nitrogens with zero attached hydrogens (tertiary/aromatic N) is 2. The Labute approximate surface area is 160 Å². The number of carbonyl (C=O) groups excluding carboxylic acids is 3. The summed E-state index contributed by atoms with van der Waals surface area (Å²) in [6, 6.07) is 1.67. The van der Waals surface area contributed by atoms with Crippen LogP contribution in [0.5, 0.6) is 0 Å². The van der Waals surface area contributed by atoms with E-state index in [-0.39, 0.29) is 30.1 Å². The van der Waals surface area contributed by atoms with E-state index in [0.717, 1.165) is 6.42 Å². The van der Waals surface area contributed by atoms with E-state index in [1.54, 1.807) is 29.7 Å². The molecule has 7 nitrogen and oxygen atoms in total. The molecule has 0 atom stereocenters. The molecule has 1 saturated heterocycles. The van der Waals surface area contributed by atoms with Crippen molar-refractivity contribution in [3.63, 3.8) is 0 Å². The molecule has 0 saturated carbocycles. The molecule has 7 heteroatoms. The summed E-state index contributed by atoms with van der Waals surface area (Å²) < 4.78 is 10.3. The Morgan fingerprint density at radius 1 is 1.22 bits per heavy atom. The van der Waals surface area contributed by atoms with E-state index in [1.165, 1.54) is 6.26 Å². The van der Waals surface area contributed by atoms with Crippen LogP contribution in [0.25, 0.3) is 0 Å². The molecule has 1 aromatic rings. The van der Waals surface area contributed by atoms with E-state index >= 15 is 0 Å². The molecule has 150 valence electrons. The summed E-state index contributed by atoms with van der Waals surface area (Å²) in [6.45, 7) is 8.05. The highest BCUT2D eigenvalue weighted by molar-refractivity contribution is 5.95. The Hall–Kier alpha value is -2.31. The van der Waals surface area contributed by atoms with E-state index in [9.17, 15) is 14.4 Å². The van der Waals surface area contributed by atoms with Gasteiger partial charge in [0.15, 0.2) is 0 Å². The van der Waals surface area contributed by atoms with Crippen molar-refractivity contribution in [1.29, 1.82) is 0 Å². The first-order valence-corrected chi connectivity index (χ1v) is 9.75.